The Morgan fingerprint density at radius 2 is 2.29 bits per heavy atom. The van der Waals surface area contributed by atoms with E-state index in [1.54, 1.807) is 12.3 Å². The molecular weight excluding hydrogens is 285 g/mol. The molecule has 0 spiro atoms. The second-order valence-electron chi connectivity index (χ2n) is 3.67. The van der Waals surface area contributed by atoms with Gasteiger partial charge in [-0.1, -0.05) is 22.0 Å². The van der Waals surface area contributed by atoms with Gasteiger partial charge < -0.3 is 5.32 Å². The van der Waals surface area contributed by atoms with Gasteiger partial charge in [-0.2, -0.15) is 5.10 Å². The van der Waals surface area contributed by atoms with Crippen LogP contribution < -0.4 is 5.32 Å². The predicted octanol–water partition coefficient (Wildman–Crippen LogP) is 3.42. The third-order valence-corrected chi connectivity index (χ3v) is 2.95. The minimum Gasteiger partial charge on any atom is -0.378 e. The molecule has 0 saturated heterocycles. The smallest absolute Gasteiger partial charge is 0.129 e. The number of hydrogen-bond donors (Lipinski definition) is 1. The summed E-state index contributed by atoms with van der Waals surface area (Å²) in [6, 6.07) is 5.05. The number of benzene rings is 1. The van der Waals surface area contributed by atoms with Crippen molar-refractivity contribution in [3.8, 4) is 0 Å². The number of anilines is 1. The van der Waals surface area contributed by atoms with Crippen molar-refractivity contribution in [1.82, 2.24) is 9.78 Å². The number of nitrogens with one attached hydrogen (secondary N) is 1. The highest BCUT2D eigenvalue weighted by molar-refractivity contribution is 9.10. The Balaban J connectivity index is 2.02. The largest absolute Gasteiger partial charge is 0.378 e. The van der Waals surface area contributed by atoms with Crippen LogP contribution >= 0.6 is 15.9 Å². The number of aromatic nitrogens is 2. The summed E-state index contributed by atoms with van der Waals surface area (Å²) in [5.74, 6) is -0.213. The van der Waals surface area contributed by atoms with Crippen molar-refractivity contribution in [3.05, 3.63) is 46.4 Å². The van der Waals surface area contributed by atoms with E-state index in [9.17, 15) is 4.39 Å². The first-order chi connectivity index (χ1) is 8.19. The topological polar surface area (TPSA) is 29.9 Å². The van der Waals surface area contributed by atoms with Gasteiger partial charge in [0.05, 0.1) is 11.9 Å². The number of hydrogen-bond acceptors (Lipinski definition) is 2. The summed E-state index contributed by atoms with van der Waals surface area (Å²) in [6.45, 7) is 3.30. The van der Waals surface area contributed by atoms with Gasteiger partial charge >= 0.3 is 0 Å². The zero-order valence-electron chi connectivity index (χ0n) is 9.45. The minimum absolute atomic E-state index is 0.213. The Hall–Kier alpha value is -1.36. The van der Waals surface area contributed by atoms with E-state index in [2.05, 4.69) is 26.3 Å². The molecule has 0 saturated carbocycles. The van der Waals surface area contributed by atoms with Crippen LogP contribution in [0.4, 0.5) is 10.1 Å². The average Bonchev–Trinajstić information content (AvgIpc) is 2.76. The van der Waals surface area contributed by atoms with Gasteiger partial charge in [0.25, 0.3) is 0 Å². The maximum absolute atomic E-state index is 13.5. The van der Waals surface area contributed by atoms with Gasteiger partial charge in [-0.25, -0.2) is 4.39 Å². The summed E-state index contributed by atoms with van der Waals surface area (Å²) in [5, 5.41) is 7.27. The van der Waals surface area contributed by atoms with Crippen LogP contribution in [-0.4, -0.2) is 9.78 Å². The predicted molar refractivity (Wildman–Crippen MR) is 69.3 cm³/mol. The molecule has 17 heavy (non-hydrogen) atoms. The standard InChI is InChI=1S/C12H13BrFN3/c1-2-17-8-11(7-16-17)15-6-9-3-4-10(13)5-12(9)14/h3-5,7-8,15H,2,6H2,1H3. The third-order valence-electron chi connectivity index (χ3n) is 2.46. The maximum atomic E-state index is 13.5. The lowest BCUT2D eigenvalue weighted by Crippen LogP contribution is -2.01. The molecule has 2 rings (SSSR count). The molecule has 0 aliphatic rings. The molecule has 2 aromatic rings. The van der Waals surface area contributed by atoms with Gasteiger partial charge in [0.1, 0.15) is 5.82 Å². The molecule has 0 fully saturated rings. The second kappa shape index (κ2) is 5.31. The molecule has 0 amide bonds. The van der Waals surface area contributed by atoms with Crippen LogP contribution in [0, 0.1) is 5.82 Å². The first-order valence-corrected chi connectivity index (χ1v) is 6.18. The number of halogens is 2. The number of rotatable bonds is 4. The van der Waals surface area contributed by atoms with Crippen molar-refractivity contribution in [3.63, 3.8) is 0 Å². The lowest BCUT2D eigenvalue weighted by atomic mass is 10.2. The second-order valence-corrected chi connectivity index (χ2v) is 4.59. The highest BCUT2D eigenvalue weighted by atomic mass is 79.9. The summed E-state index contributed by atoms with van der Waals surface area (Å²) in [7, 11) is 0. The quantitative estimate of drug-likeness (QED) is 0.937. The Morgan fingerprint density at radius 3 is 2.94 bits per heavy atom. The zero-order valence-corrected chi connectivity index (χ0v) is 11.0. The van der Waals surface area contributed by atoms with Gasteiger partial charge in [-0.05, 0) is 19.1 Å². The third kappa shape index (κ3) is 3.06. The molecule has 90 valence electrons. The van der Waals surface area contributed by atoms with Crippen LogP contribution in [0.3, 0.4) is 0 Å². The van der Waals surface area contributed by atoms with Crippen LogP contribution in [0.1, 0.15) is 12.5 Å². The molecule has 0 aliphatic carbocycles. The van der Waals surface area contributed by atoms with Gasteiger partial charge in [-0.3, -0.25) is 4.68 Å². The van der Waals surface area contributed by atoms with Gasteiger partial charge in [0, 0.05) is 29.3 Å². The molecule has 0 unspecified atom stereocenters. The van der Waals surface area contributed by atoms with E-state index >= 15 is 0 Å². The molecule has 0 atom stereocenters. The fraction of sp³-hybridized carbons (Fsp3) is 0.250. The molecule has 3 nitrogen and oxygen atoms in total. The molecule has 0 aliphatic heterocycles. The summed E-state index contributed by atoms with van der Waals surface area (Å²) in [4.78, 5) is 0. The number of nitrogens with zero attached hydrogens (tertiary/aromatic N) is 2. The lowest BCUT2D eigenvalue weighted by Gasteiger charge is -2.05. The first kappa shape index (κ1) is 12.1. The van der Waals surface area contributed by atoms with Crippen molar-refractivity contribution in [2.75, 3.05) is 5.32 Å². The average molecular weight is 298 g/mol. The van der Waals surface area contributed by atoms with Crippen LogP contribution in [0.15, 0.2) is 35.1 Å². The van der Waals surface area contributed by atoms with Crippen molar-refractivity contribution >= 4 is 21.6 Å². The molecule has 0 radical (unpaired) electrons. The van der Waals surface area contributed by atoms with Gasteiger partial charge in [0.2, 0.25) is 0 Å². The summed E-state index contributed by atoms with van der Waals surface area (Å²) in [5.41, 5.74) is 1.53. The zero-order chi connectivity index (χ0) is 12.3. The Kier molecular flexibility index (Phi) is 3.78. The minimum atomic E-state index is -0.213. The van der Waals surface area contributed by atoms with E-state index in [1.165, 1.54) is 6.07 Å². The molecule has 5 heteroatoms. The molecule has 0 bridgehead atoms. The highest BCUT2D eigenvalue weighted by Gasteiger charge is 2.03. The van der Waals surface area contributed by atoms with E-state index in [1.807, 2.05) is 23.9 Å². The van der Waals surface area contributed by atoms with E-state index in [0.717, 1.165) is 16.7 Å². The van der Waals surface area contributed by atoms with Gasteiger partial charge in [-0.15, -0.1) is 0 Å². The van der Waals surface area contributed by atoms with Crippen molar-refractivity contribution in [1.29, 1.82) is 0 Å². The SMILES string of the molecule is CCn1cc(NCc2ccc(Br)cc2F)cn1. The molecular formula is C12H13BrFN3. The lowest BCUT2D eigenvalue weighted by molar-refractivity contribution is 0.612. The van der Waals surface area contributed by atoms with Crippen LogP contribution in [0.25, 0.3) is 0 Å². The van der Waals surface area contributed by atoms with E-state index in [0.29, 0.717) is 12.1 Å². The first-order valence-electron chi connectivity index (χ1n) is 5.39. The van der Waals surface area contributed by atoms with Crippen molar-refractivity contribution in [2.24, 2.45) is 0 Å². The van der Waals surface area contributed by atoms with E-state index < -0.39 is 0 Å². The van der Waals surface area contributed by atoms with Crippen LogP contribution in [0.2, 0.25) is 0 Å². The maximum Gasteiger partial charge on any atom is 0.129 e. The number of aryl methyl sites for hydroxylation is 1. The Labute approximate surface area is 108 Å². The molecule has 1 heterocycles. The molecule has 1 aromatic heterocycles. The van der Waals surface area contributed by atoms with Crippen molar-refractivity contribution in [2.45, 2.75) is 20.0 Å². The molecule has 1 N–H and O–H groups in total. The normalized spacial score (nSPS) is 10.5. The van der Waals surface area contributed by atoms with Crippen molar-refractivity contribution < 1.29 is 4.39 Å². The van der Waals surface area contributed by atoms with Crippen LogP contribution in [0.5, 0.6) is 0 Å². The van der Waals surface area contributed by atoms with E-state index in [-0.39, 0.29) is 5.82 Å². The van der Waals surface area contributed by atoms with Crippen LogP contribution in [-0.2, 0) is 13.1 Å². The fourth-order valence-corrected chi connectivity index (χ4v) is 1.82. The Morgan fingerprint density at radius 1 is 1.47 bits per heavy atom. The van der Waals surface area contributed by atoms with E-state index in [4.69, 9.17) is 0 Å². The molecule has 1 aromatic carbocycles. The highest BCUT2D eigenvalue weighted by Crippen LogP contribution is 2.16. The fourth-order valence-electron chi connectivity index (χ4n) is 1.49. The summed E-state index contributed by atoms with van der Waals surface area (Å²) < 4.78 is 16.1. The summed E-state index contributed by atoms with van der Waals surface area (Å²) in [6.07, 6.45) is 3.64. The monoisotopic (exact) mass is 297 g/mol. The summed E-state index contributed by atoms with van der Waals surface area (Å²) >= 11 is 3.23. The van der Waals surface area contributed by atoms with Gasteiger partial charge in [0.15, 0.2) is 0 Å². The Bertz CT molecular complexity index is 510.